The molecular formula is C19H33N3O3. The van der Waals surface area contributed by atoms with Gasteiger partial charge in [-0.1, -0.05) is 40.0 Å². The van der Waals surface area contributed by atoms with Gasteiger partial charge >= 0.3 is 0 Å². The van der Waals surface area contributed by atoms with Gasteiger partial charge in [0, 0.05) is 38.5 Å². The number of carbonyl (C=O) groups excluding carboxylic acids is 3. The third kappa shape index (κ3) is 6.33. The summed E-state index contributed by atoms with van der Waals surface area (Å²) >= 11 is 0. The average molecular weight is 351 g/mol. The number of nitrogens with zero attached hydrogens (tertiary/aromatic N) is 2. The second-order valence-corrected chi connectivity index (χ2v) is 8.56. The molecule has 0 aromatic rings. The minimum atomic E-state index is -0.0908. The van der Waals surface area contributed by atoms with Crippen molar-refractivity contribution in [2.45, 2.75) is 59.3 Å². The van der Waals surface area contributed by atoms with Crippen molar-refractivity contribution in [2.24, 2.45) is 11.3 Å². The quantitative estimate of drug-likeness (QED) is 0.839. The molecule has 0 radical (unpaired) electrons. The minimum Gasteiger partial charge on any atom is -0.347 e. The van der Waals surface area contributed by atoms with Gasteiger partial charge in [0.25, 0.3) is 0 Å². The molecule has 1 N–H and O–H groups in total. The predicted molar refractivity (Wildman–Crippen MR) is 96.8 cm³/mol. The number of hydrogen-bond acceptors (Lipinski definition) is 3. The van der Waals surface area contributed by atoms with Gasteiger partial charge in [-0.05, 0) is 18.3 Å². The van der Waals surface area contributed by atoms with Gasteiger partial charge < -0.3 is 15.1 Å². The highest BCUT2D eigenvalue weighted by Gasteiger charge is 2.29. The zero-order valence-electron chi connectivity index (χ0n) is 16.0. The lowest BCUT2D eigenvalue weighted by molar-refractivity contribution is -0.142. The number of amides is 3. The molecule has 1 aliphatic heterocycles. The van der Waals surface area contributed by atoms with Crippen LogP contribution in [-0.4, -0.2) is 60.2 Å². The van der Waals surface area contributed by atoms with Crippen molar-refractivity contribution in [2.75, 3.05) is 32.7 Å². The smallest absolute Gasteiger partial charge is 0.242 e. The van der Waals surface area contributed by atoms with E-state index in [0.717, 1.165) is 25.7 Å². The summed E-state index contributed by atoms with van der Waals surface area (Å²) in [5, 5.41) is 2.71. The van der Waals surface area contributed by atoms with Crippen LogP contribution in [0.1, 0.15) is 59.3 Å². The topological polar surface area (TPSA) is 69.7 Å². The van der Waals surface area contributed by atoms with E-state index in [9.17, 15) is 14.4 Å². The van der Waals surface area contributed by atoms with Crippen LogP contribution in [-0.2, 0) is 14.4 Å². The molecule has 1 heterocycles. The Hall–Kier alpha value is -1.59. The Labute approximate surface area is 151 Å². The van der Waals surface area contributed by atoms with E-state index in [1.54, 1.807) is 4.90 Å². The number of carbonyl (C=O) groups is 3. The van der Waals surface area contributed by atoms with Crippen molar-refractivity contribution in [1.82, 2.24) is 15.1 Å². The molecule has 1 saturated carbocycles. The molecule has 3 amide bonds. The summed E-state index contributed by atoms with van der Waals surface area (Å²) in [4.78, 5) is 40.3. The van der Waals surface area contributed by atoms with Gasteiger partial charge in [-0.15, -0.1) is 0 Å². The van der Waals surface area contributed by atoms with Crippen LogP contribution >= 0.6 is 0 Å². The maximum absolute atomic E-state index is 12.5. The van der Waals surface area contributed by atoms with Gasteiger partial charge in [0.1, 0.15) is 0 Å². The molecule has 2 aliphatic rings. The van der Waals surface area contributed by atoms with Gasteiger partial charge in [0.05, 0.1) is 6.54 Å². The first kappa shape index (κ1) is 19.7. The predicted octanol–water partition coefficient (Wildman–Crippen LogP) is 1.79. The van der Waals surface area contributed by atoms with E-state index >= 15 is 0 Å². The largest absolute Gasteiger partial charge is 0.347 e. The van der Waals surface area contributed by atoms with Crippen LogP contribution in [0.25, 0.3) is 0 Å². The molecule has 0 spiro atoms. The van der Waals surface area contributed by atoms with Crippen LogP contribution < -0.4 is 5.32 Å². The van der Waals surface area contributed by atoms with Crippen LogP contribution in [0.2, 0.25) is 0 Å². The summed E-state index contributed by atoms with van der Waals surface area (Å²) in [5.74, 6) is 0.303. The molecule has 6 heteroatoms. The third-order valence-electron chi connectivity index (χ3n) is 5.03. The van der Waals surface area contributed by atoms with Crippen LogP contribution in [0.4, 0.5) is 0 Å². The monoisotopic (exact) mass is 351 g/mol. The molecule has 1 saturated heterocycles. The standard InChI is InChI=1S/C19H33N3O3/c1-19(2,3)13-16(23)20-14-17(24)21-9-11-22(12-10-21)18(25)15-7-5-4-6-8-15/h15H,4-14H2,1-3H3,(H,20,23). The molecule has 1 aliphatic carbocycles. The van der Waals surface area contributed by atoms with Crippen LogP contribution in [0, 0.1) is 11.3 Å². The Kier molecular flexibility index (Phi) is 6.85. The lowest BCUT2D eigenvalue weighted by Crippen LogP contribution is -2.53. The minimum absolute atomic E-state index is 0.0471. The molecule has 0 aromatic heterocycles. The van der Waals surface area contributed by atoms with Crippen molar-refractivity contribution >= 4 is 17.7 Å². The molecule has 2 fully saturated rings. The molecule has 0 bridgehead atoms. The summed E-state index contributed by atoms with van der Waals surface area (Å²) in [6.45, 7) is 8.38. The van der Waals surface area contributed by atoms with E-state index < -0.39 is 0 Å². The van der Waals surface area contributed by atoms with E-state index in [2.05, 4.69) is 5.32 Å². The molecular weight excluding hydrogens is 318 g/mol. The van der Waals surface area contributed by atoms with Gasteiger partial charge in [-0.3, -0.25) is 14.4 Å². The third-order valence-corrected chi connectivity index (χ3v) is 5.03. The van der Waals surface area contributed by atoms with Crippen LogP contribution in [0.5, 0.6) is 0 Å². The lowest BCUT2D eigenvalue weighted by atomic mass is 9.88. The maximum Gasteiger partial charge on any atom is 0.242 e. The van der Waals surface area contributed by atoms with E-state index in [1.165, 1.54) is 6.42 Å². The highest BCUT2D eigenvalue weighted by Crippen LogP contribution is 2.25. The van der Waals surface area contributed by atoms with Gasteiger partial charge in [0.2, 0.25) is 17.7 Å². The van der Waals surface area contributed by atoms with Gasteiger partial charge in [0.15, 0.2) is 0 Å². The Morgan fingerprint density at radius 1 is 0.920 bits per heavy atom. The molecule has 0 aromatic carbocycles. The molecule has 142 valence electrons. The van der Waals surface area contributed by atoms with Crippen molar-refractivity contribution in [3.63, 3.8) is 0 Å². The van der Waals surface area contributed by atoms with E-state index in [1.807, 2.05) is 25.7 Å². The van der Waals surface area contributed by atoms with Gasteiger partial charge in [-0.25, -0.2) is 0 Å². The van der Waals surface area contributed by atoms with Crippen LogP contribution in [0.15, 0.2) is 0 Å². The molecule has 0 atom stereocenters. The highest BCUT2D eigenvalue weighted by atomic mass is 16.2. The van der Waals surface area contributed by atoms with Crippen molar-refractivity contribution in [3.05, 3.63) is 0 Å². The number of rotatable bonds is 4. The normalized spacial score (nSPS) is 19.6. The average Bonchev–Trinajstić information content (AvgIpc) is 2.58. The highest BCUT2D eigenvalue weighted by molar-refractivity contribution is 5.85. The Morgan fingerprint density at radius 2 is 1.48 bits per heavy atom. The van der Waals surface area contributed by atoms with Gasteiger partial charge in [-0.2, -0.15) is 0 Å². The summed E-state index contributed by atoms with van der Waals surface area (Å²) in [6.07, 6.45) is 5.98. The molecule has 0 unspecified atom stereocenters. The van der Waals surface area contributed by atoms with E-state index in [-0.39, 0.29) is 35.6 Å². The molecule has 6 nitrogen and oxygen atoms in total. The first-order valence-electron chi connectivity index (χ1n) is 9.59. The van der Waals surface area contributed by atoms with Crippen molar-refractivity contribution in [1.29, 1.82) is 0 Å². The molecule has 2 rings (SSSR count). The second-order valence-electron chi connectivity index (χ2n) is 8.56. The Balaban J connectivity index is 1.71. The lowest BCUT2D eigenvalue weighted by Gasteiger charge is -2.37. The number of nitrogens with one attached hydrogen (secondary N) is 1. The van der Waals surface area contributed by atoms with E-state index in [0.29, 0.717) is 32.6 Å². The molecule has 25 heavy (non-hydrogen) atoms. The van der Waals surface area contributed by atoms with Crippen molar-refractivity contribution in [3.8, 4) is 0 Å². The van der Waals surface area contributed by atoms with E-state index in [4.69, 9.17) is 0 Å². The zero-order chi connectivity index (χ0) is 18.4. The fraction of sp³-hybridized carbons (Fsp3) is 0.842. The Morgan fingerprint density at radius 3 is 2.04 bits per heavy atom. The number of piperazine rings is 1. The Bertz CT molecular complexity index is 485. The first-order valence-corrected chi connectivity index (χ1v) is 9.59. The maximum atomic E-state index is 12.5. The summed E-state index contributed by atoms with van der Waals surface area (Å²) in [5.41, 5.74) is -0.0851. The zero-order valence-corrected chi connectivity index (χ0v) is 16.0. The number of hydrogen-bond donors (Lipinski definition) is 1. The fourth-order valence-corrected chi connectivity index (χ4v) is 3.61. The SMILES string of the molecule is CC(C)(C)CC(=O)NCC(=O)N1CCN(C(=O)C2CCCCC2)CC1. The summed E-state index contributed by atoms with van der Waals surface area (Å²) in [6, 6.07) is 0. The fourth-order valence-electron chi connectivity index (χ4n) is 3.61. The summed E-state index contributed by atoms with van der Waals surface area (Å²) in [7, 11) is 0. The van der Waals surface area contributed by atoms with Crippen molar-refractivity contribution < 1.29 is 14.4 Å². The van der Waals surface area contributed by atoms with Crippen LogP contribution in [0.3, 0.4) is 0 Å². The summed E-state index contributed by atoms with van der Waals surface area (Å²) < 4.78 is 0. The second kappa shape index (κ2) is 8.68. The first-order chi connectivity index (χ1) is 11.8.